The van der Waals surface area contributed by atoms with Crippen LogP contribution in [-0.2, 0) is 16.6 Å². The molecule has 0 unspecified atom stereocenters. The largest absolute Gasteiger partial charge is 0.311 e. The summed E-state index contributed by atoms with van der Waals surface area (Å²) in [6.45, 7) is 11.0. The molecule has 21 heavy (non-hydrogen) atoms. The summed E-state index contributed by atoms with van der Waals surface area (Å²) in [5.41, 5.74) is 0.685. The first-order chi connectivity index (χ1) is 9.79. The van der Waals surface area contributed by atoms with Gasteiger partial charge in [0.25, 0.3) is 0 Å². The molecule has 1 aromatic heterocycles. The van der Waals surface area contributed by atoms with Gasteiger partial charge in [0.05, 0.1) is 11.4 Å². The number of nitrogens with zero attached hydrogens (tertiary/aromatic N) is 1. The quantitative estimate of drug-likeness (QED) is 0.609. The van der Waals surface area contributed by atoms with Gasteiger partial charge >= 0.3 is 0 Å². The van der Waals surface area contributed by atoms with E-state index >= 15 is 0 Å². The van der Waals surface area contributed by atoms with Gasteiger partial charge in [-0.15, -0.1) is 0 Å². The smallest absolute Gasteiger partial charge is 0.244 e. The van der Waals surface area contributed by atoms with Crippen molar-refractivity contribution in [2.75, 3.05) is 6.54 Å². The van der Waals surface area contributed by atoms with Crippen molar-refractivity contribution in [3.63, 3.8) is 0 Å². The molecule has 1 aromatic rings. The number of H-pyrrole nitrogens is 1. The Morgan fingerprint density at radius 2 is 1.86 bits per heavy atom. The number of rotatable bonds is 9. The van der Waals surface area contributed by atoms with E-state index in [0.717, 1.165) is 25.8 Å². The second-order valence-corrected chi connectivity index (χ2v) is 7.29. The predicted octanol–water partition coefficient (Wildman–Crippen LogP) is 2.07. The van der Waals surface area contributed by atoms with E-state index in [1.54, 1.807) is 6.92 Å². The summed E-state index contributed by atoms with van der Waals surface area (Å²) in [6, 6.07) is 0. The Hall–Kier alpha value is -0.920. The number of aromatic nitrogens is 2. The Balaban J connectivity index is 3.05. The summed E-state index contributed by atoms with van der Waals surface area (Å²) in [5, 5.41) is 10.1. The Morgan fingerprint density at radius 1 is 1.24 bits per heavy atom. The average Bonchev–Trinajstić information content (AvgIpc) is 2.80. The average molecular weight is 316 g/mol. The Morgan fingerprint density at radius 3 is 2.38 bits per heavy atom. The van der Waals surface area contributed by atoms with E-state index in [1.165, 1.54) is 0 Å². The van der Waals surface area contributed by atoms with Gasteiger partial charge < -0.3 is 5.32 Å². The maximum Gasteiger partial charge on any atom is 0.244 e. The highest BCUT2D eigenvalue weighted by molar-refractivity contribution is 7.89. The summed E-state index contributed by atoms with van der Waals surface area (Å²) in [7, 11) is -3.58. The van der Waals surface area contributed by atoms with Gasteiger partial charge in [-0.25, -0.2) is 13.1 Å². The van der Waals surface area contributed by atoms with Gasteiger partial charge in [0.15, 0.2) is 0 Å². The molecule has 122 valence electrons. The third-order valence-corrected chi connectivity index (χ3v) is 5.73. The summed E-state index contributed by atoms with van der Waals surface area (Å²) in [5.74, 6) is 0. The lowest BCUT2D eigenvalue weighted by Crippen LogP contribution is -2.45. The highest BCUT2D eigenvalue weighted by atomic mass is 32.2. The summed E-state index contributed by atoms with van der Waals surface area (Å²) in [4.78, 5) is 0.277. The second kappa shape index (κ2) is 7.38. The summed E-state index contributed by atoms with van der Waals surface area (Å²) < 4.78 is 28.2. The molecule has 0 saturated heterocycles. The Bertz CT molecular complexity index is 547. The molecule has 0 radical (unpaired) electrons. The van der Waals surface area contributed by atoms with Crippen LogP contribution in [0.1, 0.15) is 58.3 Å². The molecule has 0 spiro atoms. The van der Waals surface area contributed by atoms with Crippen LogP contribution in [0.25, 0.3) is 0 Å². The van der Waals surface area contributed by atoms with Crippen molar-refractivity contribution < 1.29 is 8.42 Å². The molecule has 0 bridgehead atoms. The van der Waals surface area contributed by atoms with E-state index in [-0.39, 0.29) is 4.90 Å². The first kappa shape index (κ1) is 18.1. The SMILES string of the molecule is CCCNCc1n[nH]c(C)c1S(=O)(=O)NC(C)(CC)CC. The molecule has 1 rings (SSSR count). The lowest BCUT2D eigenvalue weighted by atomic mass is 9.98. The van der Waals surface area contributed by atoms with Gasteiger partial charge in [-0.05, 0) is 39.7 Å². The van der Waals surface area contributed by atoms with Crippen molar-refractivity contribution in [2.45, 2.75) is 70.9 Å². The fraction of sp³-hybridized carbons (Fsp3) is 0.786. The third kappa shape index (κ3) is 4.52. The van der Waals surface area contributed by atoms with Crippen molar-refractivity contribution >= 4 is 10.0 Å². The van der Waals surface area contributed by atoms with Gasteiger partial charge in [0, 0.05) is 12.1 Å². The van der Waals surface area contributed by atoms with E-state index in [0.29, 0.717) is 17.9 Å². The molecule has 1 heterocycles. The molecule has 0 amide bonds. The van der Waals surface area contributed by atoms with E-state index < -0.39 is 15.6 Å². The van der Waals surface area contributed by atoms with Gasteiger partial charge in [-0.3, -0.25) is 5.10 Å². The molecular formula is C14H28N4O2S. The van der Waals surface area contributed by atoms with E-state index in [4.69, 9.17) is 0 Å². The lowest BCUT2D eigenvalue weighted by molar-refractivity contribution is 0.388. The first-order valence-corrected chi connectivity index (χ1v) is 9.06. The van der Waals surface area contributed by atoms with Gasteiger partial charge in [0.2, 0.25) is 10.0 Å². The third-order valence-electron chi connectivity index (χ3n) is 3.89. The molecule has 0 saturated carbocycles. The molecule has 0 aliphatic rings. The fourth-order valence-electron chi connectivity index (χ4n) is 2.10. The predicted molar refractivity (Wildman–Crippen MR) is 84.6 cm³/mol. The maximum atomic E-state index is 12.7. The van der Waals surface area contributed by atoms with E-state index in [2.05, 4.69) is 27.2 Å². The van der Waals surface area contributed by atoms with Crippen LogP contribution in [0.2, 0.25) is 0 Å². The number of nitrogens with one attached hydrogen (secondary N) is 3. The minimum atomic E-state index is -3.58. The summed E-state index contributed by atoms with van der Waals surface area (Å²) >= 11 is 0. The minimum Gasteiger partial charge on any atom is -0.311 e. The van der Waals surface area contributed by atoms with E-state index in [9.17, 15) is 8.42 Å². The standard InChI is InChI=1S/C14H28N4O2S/c1-6-9-15-10-12-13(11(4)16-17-12)21(19,20)18-14(5,7-2)8-3/h15,18H,6-10H2,1-5H3,(H,16,17). The Kier molecular flexibility index (Phi) is 6.37. The number of hydrogen-bond donors (Lipinski definition) is 3. The van der Waals surface area contributed by atoms with Crippen LogP contribution in [-0.4, -0.2) is 30.7 Å². The van der Waals surface area contributed by atoms with Gasteiger partial charge in [-0.1, -0.05) is 20.8 Å². The number of aryl methyl sites for hydroxylation is 1. The van der Waals surface area contributed by atoms with Crippen molar-refractivity contribution in [3.8, 4) is 0 Å². The van der Waals surface area contributed by atoms with Crippen LogP contribution in [0, 0.1) is 6.92 Å². The van der Waals surface area contributed by atoms with Crippen LogP contribution < -0.4 is 10.0 Å². The van der Waals surface area contributed by atoms with Crippen molar-refractivity contribution in [1.29, 1.82) is 0 Å². The fourth-order valence-corrected chi connectivity index (χ4v) is 4.02. The highest BCUT2D eigenvalue weighted by Gasteiger charge is 2.31. The zero-order chi connectivity index (χ0) is 16.1. The summed E-state index contributed by atoms with van der Waals surface area (Å²) in [6.07, 6.45) is 2.47. The molecule has 0 aliphatic heterocycles. The zero-order valence-electron chi connectivity index (χ0n) is 13.7. The molecule has 0 aromatic carbocycles. The molecular weight excluding hydrogens is 288 g/mol. The van der Waals surface area contributed by atoms with Gasteiger partial charge in [-0.2, -0.15) is 5.10 Å². The highest BCUT2D eigenvalue weighted by Crippen LogP contribution is 2.22. The molecule has 7 heteroatoms. The van der Waals surface area contributed by atoms with Crippen molar-refractivity contribution in [2.24, 2.45) is 0 Å². The van der Waals surface area contributed by atoms with Crippen molar-refractivity contribution in [3.05, 3.63) is 11.4 Å². The molecule has 0 atom stereocenters. The maximum absolute atomic E-state index is 12.7. The van der Waals surface area contributed by atoms with Crippen LogP contribution in [0.4, 0.5) is 0 Å². The first-order valence-electron chi connectivity index (χ1n) is 7.58. The minimum absolute atomic E-state index is 0.277. The van der Waals surface area contributed by atoms with Crippen LogP contribution in [0.5, 0.6) is 0 Å². The van der Waals surface area contributed by atoms with Crippen molar-refractivity contribution in [1.82, 2.24) is 20.2 Å². The lowest BCUT2D eigenvalue weighted by Gasteiger charge is -2.27. The Labute approximate surface area is 128 Å². The topological polar surface area (TPSA) is 86.9 Å². The zero-order valence-corrected chi connectivity index (χ0v) is 14.5. The van der Waals surface area contributed by atoms with Crippen LogP contribution in [0.15, 0.2) is 4.90 Å². The van der Waals surface area contributed by atoms with E-state index in [1.807, 2.05) is 20.8 Å². The molecule has 0 fully saturated rings. The number of aromatic amines is 1. The second-order valence-electron chi connectivity index (χ2n) is 5.67. The number of hydrogen-bond acceptors (Lipinski definition) is 4. The molecule has 6 nitrogen and oxygen atoms in total. The normalized spacial score (nSPS) is 12.8. The molecule has 3 N–H and O–H groups in total. The monoisotopic (exact) mass is 316 g/mol. The number of sulfonamides is 1. The van der Waals surface area contributed by atoms with Crippen LogP contribution >= 0.6 is 0 Å². The van der Waals surface area contributed by atoms with Gasteiger partial charge in [0.1, 0.15) is 4.90 Å². The van der Waals surface area contributed by atoms with Crippen LogP contribution in [0.3, 0.4) is 0 Å². The molecule has 0 aliphatic carbocycles.